The number of carbonyl (C=O) groups is 2. The van der Waals surface area contributed by atoms with Crippen molar-refractivity contribution in [1.82, 2.24) is 5.32 Å². The third kappa shape index (κ3) is 5.10. The van der Waals surface area contributed by atoms with Crippen LogP contribution in [-0.4, -0.2) is 30.9 Å². The molecule has 1 saturated heterocycles. The smallest absolute Gasteiger partial charge is 0.307 e. The molecular formula is C21H24ClN3O3. The molecule has 28 heavy (non-hydrogen) atoms. The highest BCUT2D eigenvalue weighted by atomic mass is 35.5. The molecule has 3 rings (SSSR count). The summed E-state index contributed by atoms with van der Waals surface area (Å²) >= 11 is 0. The fourth-order valence-corrected chi connectivity index (χ4v) is 3.38. The Morgan fingerprint density at radius 3 is 2.25 bits per heavy atom. The number of nitrogens with two attached hydrogens (primary N) is 1. The van der Waals surface area contributed by atoms with Crippen LogP contribution in [0, 0.1) is 11.3 Å². The lowest BCUT2D eigenvalue weighted by Gasteiger charge is -2.09. The van der Waals surface area contributed by atoms with Crippen LogP contribution < -0.4 is 11.1 Å². The highest BCUT2D eigenvalue weighted by Gasteiger charge is 2.33. The van der Waals surface area contributed by atoms with Gasteiger partial charge in [-0.05, 0) is 29.5 Å². The lowest BCUT2D eigenvalue weighted by Crippen LogP contribution is -2.28. The SMILES string of the molecule is COC(=O)C[C@@H]1C[C@@H](Cc2ccc(-c3ccc(C(=N)N)cc3)cc2)C(=O)N1.Cl. The molecule has 6 nitrogen and oxygen atoms in total. The number of hydrogen-bond donors (Lipinski definition) is 3. The van der Waals surface area contributed by atoms with Crippen LogP contribution >= 0.6 is 12.4 Å². The summed E-state index contributed by atoms with van der Waals surface area (Å²) in [5.41, 5.74) is 9.37. The van der Waals surface area contributed by atoms with Crippen LogP contribution in [0.3, 0.4) is 0 Å². The van der Waals surface area contributed by atoms with Crippen molar-refractivity contribution in [2.75, 3.05) is 7.11 Å². The van der Waals surface area contributed by atoms with Crippen molar-refractivity contribution < 1.29 is 14.3 Å². The Labute approximate surface area is 170 Å². The van der Waals surface area contributed by atoms with E-state index in [-0.39, 0.29) is 48.5 Å². The highest BCUT2D eigenvalue weighted by Crippen LogP contribution is 2.25. The molecule has 2 aromatic carbocycles. The molecule has 1 aliphatic heterocycles. The molecule has 4 N–H and O–H groups in total. The maximum atomic E-state index is 12.1. The largest absolute Gasteiger partial charge is 0.469 e. The number of nitrogens with one attached hydrogen (secondary N) is 2. The van der Waals surface area contributed by atoms with Gasteiger partial charge in [-0.3, -0.25) is 15.0 Å². The first-order valence-corrected chi connectivity index (χ1v) is 8.87. The van der Waals surface area contributed by atoms with Crippen molar-refractivity contribution in [2.45, 2.75) is 25.3 Å². The zero-order chi connectivity index (χ0) is 19.4. The van der Waals surface area contributed by atoms with Gasteiger partial charge in [-0.15, -0.1) is 12.4 Å². The van der Waals surface area contributed by atoms with Crippen LogP contribution in [0.15, 0.2) is 48.5 Å². The number of amidine groups is 1. The van der Waals surface area contributed by atoms with E-state index in [0.29, 0.717) is 18.4 Å². The second-order valence-electron chi connectivity index (χ2n) is 6.81. The van der Waals surface area contributed by atoms with Gasteiger partial charge in [0.15, 0.2) is 0 Å². The predicted octanol–water partition coefficient (Wildman–Crippen LogP) is 2.67. The lowest BCUT2D eigenvalue weighted by molar-refractivity contribution is -0.141. The van der Waals surface area contributed by atoms with Gasteiger partial charge in [-0.25, -0.2) is 0 Å². The normalized spacial score (nSPS) is 18.1. The van der Waals surface area contributed by atoms with Gasteiger partial charge in [-0.1, -0.05) is 48.5 Å². The number of esters is 1. The number of benzene rings is 2. The van der Waals surface area contributed by atoms with Gasteiger partial charge in [0.25, 0.3) is 0 Å². The van der Waals surface area contributed by atoms with Gasteiger partial charge in [-0.2, -0.15) is 0 Å². The van der Waals surface area contributed by atoms with E-state index in [2.05, 4.69) is 10.1 Å². The number of ether oxygens (including phenoxy) is 1. The molecule has 0 bridgehead atoms. The molecule has 1 heterocycles. The number of rotatable bonds is 6. The van der Waals surface area contributed by atoms with E-state index in [1.165, 1.54) is 7.11 Å². The van der Waals surface area contributed by atoms with E-state index < -0.39 is 0 Å². The Morgan fingerprint density at radius 2 is 1.71 bits per heavy atom. The molecule has 2 aromatic rings. The molecule has 0 unspecified atom stereocenters. The Balaban J connectivity index is 0.00000280. The third-order valence-corrected chi connectivity index (χ3v) is 4.89. The van der Waals surface area contributed by atoms with Crippen molar-refractivity contribution in [2.24, 2.45) is 11.7 Å². The summed E-state index contributed by atoms with van der Waals surface area (Å²) in [5.74, 6) is -0.383. The summed E-state index contributed by atoms with van der Waals surface area (Å²) in [6.07, 6.45) is 1.50. The van der Waals surface area contributed by atoms with Crippen LogP contribution in [0.4, 0.5) is 0 Å². The van der Waals surface area contributed by atoms with Gasteiger partial charge in [0.1, 0.15) is 5.84 Å². The second kappa shape index (κ2) is 9.37. The number of methoxy groups -OCH3 is 1. The number of hydrogen-bond acceptors (Lipinski definition) is 4. The molecule has 148 valence electrons. The molecule has 1 fully saturated rings. The minimum absolute atomic E-state index is 0. The highest BCUT2D eigenvalue weighted by molar-refractivity contribution is 5.95. The summed E-state index contributed by atoms with van der Waals surface area (Å²) in [6, 6.07) is 15.5. The van der Waals surface area contributed by atoms with Crippen molar-refractivity contribution in [1.29, 1.82) is 5.41 Å². The van der Waals surface area contributed by atoms with Crippen molar-refractivity contribution in [3.8, 4) is 11.1 Å². The summed E-state index contributed by atoms with van der Waals surface area (Å²) in [5, 5.41) is 10.3. The standard InChI is InChI=1S/C21H23N3O3.ClH/c1-27-19(25)12-18-11-17(21(26)24-18)10-13-2-4-14(5-3-13)15-6-8-16(9-7-15)20(22)23;/h2-9,17-18H,10-12H2,1H3,(H3,22,23)(H,24,26);1H/t17-,18+;/m1./s1. The molecule has 7 heteroatoms. The van der Waals surface area contributed by atoms with Crippen molar-refractivity contribution >= 4 is 30.1 Å². The predicted molar refractivity (Wildman–Crippen MR) is 111 cm³/mol. The molecule has 0 radical (unpaired) electrons. The number of nitrogen functional groups attached to an aromatic ring is 1. The molecule has 2 atom stereocenters. The minimum atomic E-state index is -0.305. The van der Waals surface area contributed by atoms with E-state index in [1.54, 1.807) is 0 Å². The van der Waals surface area contributed by atoms with Crippen LogP contribution in [0.5, 0.6) is 0 Å². The van der Waals surface area contributed by atoms with Crippen molar-refractivity contribution in [3.63, 3.8) is 0 Å². The molecule has 0 spiro atoms. The fourth-order valence-electron chi connectivity index (χ4n) is 3.38. The van der Waals surface area contributed by atoms with Gasteiger partial charge in [0.2, 0.25) is 5.91 Å². The first-order chi connectivity index (χ1) is 13.0. The molecule has 0 saturated carbocycles. The molecule has 0 aromatic heterocycles. The zero-order valence-corrected chi connectivity index (χ0v) is 16.4. The van der Waals surface area contributed by atoms with Crippen LogP contribution in [-0.2, 0) is 20.7 Å². The van der Waals surface area contributed by atoms with E-state index in [0.717, 1.165) is 16.7 Å². The number of halogens is 1. The summed E-state index contributed by atoms with van der Waals surface area (Å²) in [4.78, 5) is 23.5. The first kappa shape index (κ1) is 21.4. The van der Waals surface area contributed by atoms with Crippen molar-refractivity contribution in [3.05, 3.63) is 59.7 Å². The van der Waals surface area contributed by atoms with Crippen LogP contribution in [0.25, 0.3) is 11.1 Å². The monoisotopic (exact) mass is 401 g/mol. The van der Waals surface area contributed by atoms with E-state index in [4.69, 9.17) is 11.1 Å². The minimum Gasteiger partial charge on any atom is -0.469 e. The van der Waals surface area contributed by atoms with Gasteiger partial charge >= 0.3 is 5.97 Å². The second-order valence-corrected chi connectivity index (χ2v) is 6.81. The molecule has 0 aliphatic carbocycles. The lowest BCUT2D eigenvalue weighted by atomic mass is 9.94. The molecule has 1 amide bonds. The van der Waals surface area contributed by atoms with E-state index in [1.807, 2.05) is 48.5 Å². The van der Waals surface area contributed by atoms with Gasteiger partial charge in [0.05, 0.1) is 13.5 Å². The topological polar surface area (TPSA) is 105 Å². The average molecular weight is 402 g/mol. The third-order valence-electron chi connectivity index (χ3n) is 4.89. The summed E-state index contributed by atoms with van der Waals surface area (Å²) in [7, 11) is 1.35. The Morgan fingerprint density at radius 1 is 1.14 bits per heavy atom. The van der Waals surface area contributed by atoms with E-state index >= 15 is 0 Å². The van der Waals surface area contributed by atoms with E-state index in [9.17, 15) is 9.59 Å². The first-order valence-electron chi connectivity index (χ1n) is 8.87. The summed E-state index contributed by atoms with van der Waals surface area (Å²) < 4.78 is 4.67. The maximum Gasteiger partial charge on any atom is 0.307 e. The molecule has 1 aliphatic rings. The average Bonchev–Trinajstić information content (AvgIpc) is 3.01. The maximum absolute atomic E-state index is 12.1. The van der Waals surface area contributed by atoms with Gasteiger partial charge in [0, 0.05) is 17.5 Å². The quantitative estimate of drug-likeness (QED) is 0.393. The number of carbonyl (C=O) groups excluding carboxylic acids is 2. The van der Waals surface area contributed by atoms with Crippen LogP contribution in [0.2, 0.25) is 0 Å². The van der Waals surface area contributed by atoms with Gasteiger partial charge < -0.3 is 15.8 Å². The fraction of sp³-hybridized carbons (Fsp3) is 0.286. The Kier molecular flexibility index (Phi) is 7.18. The van der Waals surface area contributed by atoms with Crippen LogP contribution in [0.1, 0.15) is 24.0 Å². The Bertz CT molecular complexity index is 850. The Hall–Kier alpha value is -2.86. The zero-order valence-electron chi connectivity index (χ0n) is 15.6. The number of amides is 1. The summed E-state index contributed by atoms with van der Waals surface area (Å²) in [6.45, 7) is 0. The molecular weight excluding hydrogens is 378 g/mol.